The van der Waals surface area contributed by atoms with Crippen molar-refractivity contribution in [2.75, 3.05) is 25.6 Å². The van der Waals surface area contributed by atoms with E-state index in [-0.39, 0.29) is 11.4 Å². The molecule has 0 amide bonds. The van der Waals surface area contributed by atoms with Gasteiger partial charge < -0.3 is 16.0 Å². The normalized spacial score (nSPS) is 13.5. The number of anilines is 2. The number of hydrogen-bond acceptors (Lipinski definition) is 5. The van der Waals surface area contributed by atoms with Gasteiger partial charge in [-0.05, 0) is 58.6 Å². The predicted molar refractivity (Wildman–Crippen MR) is 107 cm³/mol. The van der Waals surface area contributed by atoms with Crippen molar-refractivity contribution in [1.29, 1.82) is 0 Å². The number of hydrogen-bond donors (Lipinski definition) is 2. The van der Waals surface area contributed by atoms with Crippen LogP contribution in [0.1, 0.15) is 20.8 Å². The molecule has 1 unspecified atom stereocenters. The number of nitrogen functional groups attached to an aromatic ring is 2. The fourth-order valence-electron chi connectivity index (χ4n) is 2.93. The van der Waals surface area contributed by atoms with Crippen molar-refractivity contribution in [3.63, 3.8) is 0 Å². The highest BCUT2D eigenvalue weighted by atomic mass is 32.2. The second-order valence-electron chi connectivity index (χ2n) is 7.35. The van der Waals surface area contributed by atoms with Gasteiger partial charge in [0.2, 0.25) is 5.95 Å². The van der Waals surface area contributed by atoms with Gasteiger partial charge in [0.1, 0.15) is 16.8 Å². The highest BCUT2D eigenvalue weighted by Crippen LogP contribution is 2.31. The molecule has 1 atom stereocenters. The molecule has 0 fully saturated rings. The lowest BCUT2D eigenvalue weighted by atomic mass is 10.1. The van der Waals surface area contributed by atoms with Gasteiger partial charge in [-0.3, -0.25) is 0 Å². The Morgan fingerprint density at radius 2 is 1.81 bits per heavy atom. The van der Waals surface area contributed by atoms with E-state index in [1.807, 2.05) is 28.8 Å². The summed E-state index contributed by atoms with van der Waals surface area (Å²) < 4.78 is 16.0. The third-order valence-electron chi connectivity index (χ3n) is 4.09. The molecule has 8 heteroatoms. The van der Waals surface area contributed by atoms with Crippen LogP contribution < -0.4 is 11.5 Å². The Hall–Kier alpha value is -2.45. The summed E-state index contributed by atoms with van der Waals surface area (Å²) in [5, 5.41) is 0. The minimum Gasteiger partial charge on any atom is -0.383 e. The molecule has 0 aliphatic heterocycles. The molecule has 0 aliphatic carbocycles. The summed E-state index contributed by atoms with van der Waals surface area (Å²) in [5.74, 6) is 0.750. The molecule has 0 radical (unpaired) electrons. The Kier molecular flexibility index (Phi) is 4.49. The largest absolute Gasteiger partial charge is 0.383 e. The summed E-state index contributed by atoms with van der Waals surface area (Å²) in [7, 11) is 2.11. The highest BCUT2D eigenvalue weighted by molar-refractivity contribution is 7.82. The summed E-state index contributed by atoms with van der Waals surface area (Å²) >= 11 is 0. The minimum absolute atomic E-state index is 0.200. The lowest BCUT2D eigenvalue weighted by molar-refractivity contribution is 0.414. The maximum atomic E-state index is 12.4. The molecule has 26 heavy (non-hydrogen) atoms. The average molecular weight is 372 g/mol. The molecule has 2 aromatic heterocycles. The lowest BCUT2D eigenvalue weighted by Crippen LogP contribution is -2.23. The molecule has 138 valence electrons. The molecule has 4 N–H and O–H groups in total. The van der Waals surface area contributed by atoms with Gasteiger partial charge in [0.15, 0.2) is 0 Å². The van der Waals surface area contributed by atoms with Crippen LogP contribution in [-0.4, -0.2) is 37.1 Å². The summed E-state index contributed by atoms with van der Waals surface area (Å²) in [6, 6.07) is 7.74. The van der Waals surface area contributed by atoms with Crippen LogP contribution in [0.5, 0.6) is 0 Å². The van der Waals surface area contributed by atoms with E-state index in [1.54, 1.807) is 24.6 Å². The third kappa shape index (κ3) is 3.17. The molecule has 0 saturated heterocycles. The Morgan fingerprint density at radius 3 is 2.42 bits per heavy atom. The fourth-order valence-corrected chi connectivity index (χ4v) is 3.78. The molecular formula is C18H24N6OS. The van der Waals surface area contributed by atoms with Crippen LogP contribution in [0, 0.1) is 0 Å². The van der Waals surface area contributed by atoms with E-state index in [2.05, 4.69) is 30.7 Å². The van der Waals surface area contributed by atoms with Gasteiger partial charge in [-0.1, -0.05) is 6.07 Å². The van der Waals surface area contributed by atoms with Crippen LogP contribution in [0.4, 0.5) is 11.8 Å². The molecule has 7 nitrogen and oxygen atoms in total. The van der Waals surface area contributed by atoms with Crippen LogP contribution in [0.15, 0.2) is 35.4 Å². The monoisotopic (exact) mass is 372 g/mol. The second-order valence-corrected chi connectivity index (χ2v) is 9.02. The van der Waals surface area contributed by atoms with Gasteiger partial charge in [0.25, 0.3) is 0 Å². The zero-order valence-electron chi connectivity index (χ0n) is 15.6. The topological polar surface area (TPSA) is 103 Å². The standard InChI is InChI=1S/C18H24N6OS/c1-18(2,3)24-14-8-11(6-7-13(14)22-17(24)20)12-9-15(16(19)21-10-12)26(25)23(4)5/h6-10H,1-5H3,(H2,19,21)(H2,20,22). The Balaban J connectivity index is 2.18. The molecule has 0 spiro atoms. The van der Waals surface area contributed by atoms with Crippen molar-refractivity contribution in [3.05, 3.63) is 30.5 Å². The Bertz CT molecular complexity index is 1000. The highest BCUT2D eigenvalue weighted by Gasteiger charge is 2.21. The molecule has 3 aromatic rings. The quantitative estimate of drug-likeness (QED) is 0.735. The van der Waals surface area contributed by atoms with Gasteiger partial charge >= 0.3 is 0 Å². The van der Waals surface area contributed by atoms with E-state index in [1.165, 1.54) is 0 Å². The first kappa shape index (κ1) is 18.3. The summed E-state index contributed by atoms with van der Waals surface area (Å²) in [4.78, 5) is 9.17. The summed E-state index contributed by atoms with van der Waals surface area (Å²) in [6.45, 7) is 6.25. The van der Waals surface area contributed by atoms with Gasteiger partial charge in [-0.25, -0.2) is 18.5 Å². The number of fused-ring (bicyclic) bond motifs is 1. The number of nitrogens with two attached hydrogens (primary N) is 2. The number of imidazole rings is 1. The van der Waals surface area contributed by atoms with Crippen LogP contribution in [-0.2, 0) is 16.5 Å². The molecule has 1 aromatic carbocycles. The number of aromatic nitrogens is 3. The van der Waals surface area contributed by atoms with Gasteiger partial charge in [0, 0.05) is 17.3 Å². The van der Waals surface area contributed by atoms with Crippen molar-refractivity contribution in [1.82, 2.24) is 18.8 Å². The van der Waals surface area contributed by atoms with Crippen LogP contribution in [0.3, 0.4) is 0 Å². The van der Waals surface area contributed by atoms with Gasteiger partial charge in [-0.15, -0.1) is 0 Å². The summed E-state index contributed by atoms with van der Waals surface area (Å²) in [6.07, 6.45) is 1.69. The molecule has 0 saturated carbocycles. The first-order valence-corrected chi connectivity index (χ1v) is 9.34. The fraction of sp³-hybridized carbons (Fsp3) is 0.333. The van der Waals surface area contributed by atoms with Crippen molar-refractivity contribution >= 4 is 33.8 Å². The first-order valence-electron chi connectivity index (χ1n) is 8.23. The van der Waals surface area contributed by atoms with E-state index >= 15 is 0 Å². The summed E-state index contributed by atoms with van der Waals surface area (Å²) in [5.41, 5.74) is 15.4. The number of nitrogens with zero attached hydrogens (tertiary/aromatic N) is 4. The first-order chi connectivity index (χ1) is 12.1. The maximum absolute atomic E-state index is 12.4. The molecule has 0 bridgehead atoms. The number of benzene rings is 1. The maximum Gasteiger partial charge on any atom is 0.201 e. The lowest BCUT2D eigenvalue weighted by Gasteiger charge is -2.23. The van der Waals surface area contributed by atoms with Crippen LogP contribution in [0.2, 0.25) is 0 Å². The van der Waals surface area contributed by atoms with Crippen molar-refractivity contribution in [3.8, 4) is 11.1 Å². The number of pyridine rings is 1. The average Bonchev–Trinajstić information content (AvgIpc) is 2.89. The number of rotatable bonds is 3. The zero-order valence-corrected chi connectivity index (χ0v) is 16.5. The minimum atomic E-state index is -1.36. The molecule has 2 heterocycles. The second kappa shape index (κ2) is 6.37. The van der Waals surface area contributed by atoms with Crippen molar-refractivity contribution < 1.29 is 4.21 Å². The SMILES string of the molecule is CN(C)S(=O)c1cc(-c2ccc3nc(N)n(C(C)(C)C)c3c2)cnc1N. The van der Waals surface area contributed by atoms with Crippen LogP contribution in [0.25, 0.3) is 22.2 Å². The molecule has 3 rings (SSSR count). The van der Waals surface area contributed by atoms with E-state index in [9.17, 15) is 4.21 Å². The smallest absolute Gasteiger partial charge is 0.201 e. The van der Waals surface area contributed by atoms with E-state index in [0.29, 0.717) is 10.8 Å². The zero-order chi connectivity index (χ0) is 19.2. The Labute approximate surface area is 155 Å². The van der Waals surface area contributed by atoms with E-state index in [0.717, 1.165) is 22.2 Å². The third-order valence-corrected chi connectivity index (χ3v) is 5.45. The van der Waals surface area contributed by atoms with E-state index < -0.39 is 11.0 Å². The van der Waals surface area contributed by atoms with Crippen molar-refractivity contribution in [2.45, 2.75) is 31.2 Å². The van der Waals surface area contributed by atoms with Gasteiger partial charge in [-0.2, -0.15) is 0 Å². The van der Waals surface area contributed by atoms with Crippen molar-refractivity contribution in [2.24, 2.45) is 0 Å². The molecule has 0 aliphatic rings. The van der Waals surface area contributed by atoms with Crippen LogP contribution >= 0.6 is 0 Å². The Morgan fingerprint density at radius 1 is 1.12 bits per heavy atom. The molecular weight excluding hydrogens is 348 g/mol. The predicted octanol–water partition coefficient (Wildman–Crippen LogP) is 2.60. The van der Waals surface area contributed by atoms with Gasteiger partial charge in [0.05, 0.1) is 15.9 Å². The van der Waals surface area contributed by atoms with E-state index in [4.69, 9.17) is 11.5 Å².